The predicted molar refractivity (Wildman–Crippen MR) is 64.3 cm³/mol. The van der Waals surface area contributed by atoms with Gasteiger partial charge in [0.05, 0.1) is 0 Å². The maximum absolute atomic E-state index is 11.2. The number of hydrogen-bond donors (Lipinski definition) is 2. The summed E-state index contributed by atoms with van der Waals surface area (Å²) in [6, 6.07) is 0.769. The Bertz CT molecular complexity index is 255. The number of carboxylic acid groups (broad SMARTS) is 1. The summed E-state index contributed by atoms with van der Waals surface area (Å²) in [6.07, 6.45) is 3.16. The lowest BCUT2D eigenvalue weighted by atomic mass is 9.79. The molecule has 94 valence electrons. The predicted octanol–water partition coefficient (Wildman–Crippen LogP) is 1.44. The van der Waals surface area contributed by atoms with Crippen molar-refractivity contribution in [3.05, 3.63) is 0 Å². The molecule has 4 nitrogen and oxygen atoms in total. The Morgan fingerprint density at radius 2 is 2.25 bits per heavy atom. The Hall–Kier alpha value is -0.610. The summed E-state index contributed by atoms with van der Waals surface area (Å²) in [5.74, 6) is -0.850. The number of carboxylic acids is 1. The molecular weight excluding hydrogens is 204 g/mol. The molecule has 0 bridgehead atoms. The van der Waals surface area contributed by atoms with E-state index in [1.807, 2.05) is 0 Å². The topological polar surface area (TPSA) is 66.6 Å². The van der Waals surface area contributed by atoms with Crippen LogP contribution in [0, 0.1) is 0 Å². The summed E-state index contributed by atoms with van der Waals surface area (Å²) in [5.41, 5.74) is 4.95. The molecule has 16 heavy (non-hydrogen) atoms. The third kappa shape index (κ3) is 2.74. The molecule has 4 heteroatoms. The fourth-order valence-corrected chi connectivity index (χ4v) is 2.80. The number of hydrogen-bond acceptors (Lipinski definition) is 3. The monoisotopic (exact) mass is 228 g/mol. The van der Waals surface area contributed by atoms with Crippen LogP contribution in [0.2, 0.25) is 0 Å². The van der Waals surface area contributed by atoms with Crippen LogP contribution in [-0.2, 0) is 4.79 Å². The van der Waals surface area contributed by atoms with Crippen molar-refractivity contribution in [2.75, 3.05) is 6.54 Å². The molecule has 1 aliphatic rings. The zero-order valence-corrected chi connectivity index (χ0v) is 10.6. The van der Waals surface area contributed by atoms with E-state index in [1.165, 1.54) is 0 Å². The summed E-state index contributed by atoms with van der Waals surface area (Å²) < 4.78 is 0. The molecule has 2 atom stereocenters. The molecule has 0 spiro atoms. The van der Waals surface area contributed by atoms with Crippen molar-refractivity contribution in [3.63, 3.8) is 0 Å². The van der Waals surface area contributed by atoms with E-state index in [4.69, 9.17) is 10.8 Å². The Morgan fingerprint density at radius 1 is 1.62 bits per heavy atom. The molecule has 1 fully saturated rings. The molecule has 0 aromatic heterocycles. The standard InChI is InChI=1S/C12H24N2O2/c1-4-14(9(2)3)10-6-5-7-12(13,8-10)11(15)16/h9-10H,4-8,13H2,1-3H3,(H,15,16). The molecule has 0 aliphatic heterocycles. The first-order chi connectivity index (χ1) is 7.40. The second kappa shape index (κ2) is 5.15. The summed E-state index contributed by atoms with van der Waals surface area (Å²) in [7, 11) is 0. The summed E-state index contributed by atoms with van der Waals surface area (Å²) in [5, 5.41) is 9.16. The molecule has 0 aromatic rings. The third-order valence-electron chi connectivity index (χ3n) is 3.68. The van der Waals surface area contributed by atoms with Gasteiger partial charge in [-0.2, -0.15) is 0 Å². The maximum atomic E-state index is 11.2. The van der Waals surface area contributed by atoms with E-state index >= 15 is 0 Å². The van der Waals surface area contributed by atoms with E-state index in [9.17, 15) is 4.79 Å². The number of carbonyl (C=O) groups is 1. The van der Waals surface area contributed by atoms with Crippen LogP contribution in [0.15, 0.2) is 0 Å². The average molecular weight is 228 g/mol. The van der Waals surface area contributed by atoms with Gasteiger partial charge < -0.3 is 10.8 Å². The van der Waals surface area contributed by atoms with Crippen molar-refractivity contribution in [2.45, 2.75) is 64.1 Å². The normalized spacial score (nSPS) is 31.0. The summed E-state index contributed by atoms with van der Waals surface area (Å²) in [6.45, 7) is 7.37. The molecule has 0 radical (unpaired) electrons. The number of aliphatic carboxylic acids is 1. The van der Waals surface area contributed by atoms with Crippen molar-refractivity contribution < 1.29 is 9.90 Å². The zero-order valence-electron chi connectivity index (χ0n) is 10.6. The Labute approximate surface area is 97.8 Å². The van der Waals surface area contributed by atoms with Gasteiger partial charge in [-0.05, 0) is 46.1 Å². The number of nitrogens with two attached hydrogens (primary N) is 1. The van der Waals surface area contributed by atoms with Crippen LogP contribution < -0.4 is 5.73 Å². The van der Waals surface area contributed by atoms with Gasteiger partial charge in [-0.15, -0.1) is 0 Å². The molecule has 1 aliphatic carbocycles. The molecule has 2 unspecified atom stereocenters. The van der Waals surface area contributed by atoms with Crippen molar-refractivity contribution in [1.82, 2.24) is 4.90 Å². The lowest BCUT2D eigenvalue weighted by Crippen LogP contribution is -2.56. The molecule has 0 aromatic carbocycles. The fourth-order valence-electron chi connectivity index (χ4n) is 2.80. The minimum absolute atomic E-state index is 0.319. The molecule has 0 saturated heterocycles. The first-order valence-corrected chi connectivity index (χ1v) is 6.18. The van der Waals surface area contributed by atoms with Gasteiger partial charge >= 0.3 is 5.97 Å². The van der Waals surface area contributed by atoms with Gasteiger partial charge in [0.25, 0.3) is 0 Å². The average Bonchev–Trinajstić information content (AvgIpc) is 2.18. The van der Waals surface area contributed by atoms with E-state index in [-0.39, 0.29) is 0 Å². The highest BCUT2D eigenvalue weighted by Crippen LogP contribution is 2.30. The molecule has 1 saturated carbocycles. The van der Waals surface area contributed by atoms with Crippen molar-refractivity contribution >= 4 is 5.97 Å². The highest BCUT2D eigenvalue weighted by molar-refractivity contribution is 5.78. The van der Waals surface area contributed by atoms with Gasteiger partial charge in [0.15, 0.2) is 0 Å². The lowest BCUT2D eigenvalue weighted by molar-refractivity contribution is -0.145. The molecule has 0 amide bonds. The SMILES string of the molecule is CCN(C(C)C)C1CCCC(N)(C(=O)O)C1. The Kier molecular flexibility index (Phi) is 4.33. The van der Waals surface area contributed by atoms with Gasteiger partial charge in [0.1, 0.15) is 5.54 Å². The second-order valence-electron chi connectivity index (χ2n) is 5.14. The summed E-state index contributed by atoms with van der Waals surface area (Å²) >= 11 is 0. The highest BCUT2D eigenvalue weighted by Gasteiger charge is 2.41. The quantitative estimate of drug-likeness (QED) is 0.764. The van der Waals surface area contributed by atoms with Crippen LogP contribution in [0.5, 0.6) is 0 Å². The lowest BCUT2D eigenvalue weighted by Gasteiger charge is -2.42. The van der Waals surface area contributed by atoms with Crippen molar-refractivity contribution in [3.8, 4) is 0 Å². The van der Waals surface area contributed by atoms with Crippen LogP contribution in [0.1, 0.15) is 46.5 Å². The first kappa shape index (κ1) is 13.5. The van der Waals surface area contributed by atoms with Gasteiger partial charge in [-0.25, -0.2) is 0 Å². The number of nitrogens with zero attached hydrogens (tertiary/aromatic N) is 1. The Balaban J connectivity index is 2.73. The molecule has 3 N–H and O–H groups in total. The van der Waals surface area contributed by atoms with Crippen LogP contribution in [0.3, 0.4) is 0 Å². The Morgan fingerprint density at radius 3 is 2.69 bits per heavy atom. The van der Waals surface area contributed by atoms with Gasteiger partial charge in [0, 0.05) is 12.1 Å². The smallest absolute Gasteiger partial charge is 0.323 e. The first-order valence-electron chi connectivity index (χ1n) is 6.18. The molecule has 0 heterocycles. The van der Waals surface area contributed by atoms with E-state index in [0.717, 1.165) is 19.4 Å². The second-order valence-corrected chi connectivity index (χ2v) is 5.14. The van der Waals surface area contributed by atoms with Crippen molar-refractivity contribution in [1.29, 1.82) is 0 Å². The van der Waals surface area contributed by atoms with Crippen LogP contribution in [0.25, 0.3) is 0 Å². The largest absolute Gasteiger partial charge is 0.480 e. The van der Waals surface area contributed by atoms with Gasteiger partial charge in [0.2, 0.25) is 0 Å². The van der Waals surface area contributed by atoms with Gasteiger partial charge in [-0.1, -0.05) is 6.92 Å². The van der Waals surface area contributed by atoms with Crippen LogP contribution >= 0.6 is 0 Å². The molecular formula is C12H24N2O2. The minimum atomic E-state index is -1.01. The van der Waals surface area contributed by atoms with E-state index in [1.54, 1.807) is 0 Å². The third-order valence-corrected chi connectivity index (χ3v) is 3.68. The maximum Gasteiger partial charge on any atom is 0.323 e. The van der Waals surface area contributed by atoms with E-state index in [0.29, 0.717) is 24.9 Å². The fraction of sp³-hybridized carbons (Fsp3) is 0.917. The van der Waals surface area contributed by atoms with E-state index in [2.05, 4.69) is 25.7 Å². The van der Waals surface area contributed by atoms with Crippen LogP contribution in [-0.4, -0.2) is 40.1 Å². The number of rotatable bonds is 4. The van der Waals surface area contributed by atoms with E-state index < -0.39 is 11.5 Å². The highest BCUT2D eigenvalue weighted by atomic mass is 16.4. The van der Waals surface area contributed by atoms with Crippen LogP contribution in [0.4, 0.5) is 0 Å². The zero-order chi connectivity index (χ0) is 12.3. The van der Waals surface area contributed by atoms with Gasteiger partial charge in [-0.3, -0.25) is 9.69 Å². The molecule has 1 rings (SSSR count). The minimum Gasteiger partial charge on any atom is -0.480 e. The van der Waals surface area contributed by atoms with Crippen molar-refractivity contribution in [2.24, 2.45) is 5.73 Å². The summed E-state index contributed by atoms with van der Waals surface area (Å²) in [4.78, 5) is 13.5.